The zero-order valence-electron chi connectivity index (χ0n) is 24.6. The zero-order chi connectivity index (χ0) is 29.0. The molecule has 1 aliphatic heterocycles. The molecular weight excluding hydrogens is 532 g/mol. The van der Waals surface area contributed by atoms with E-state index in [0.717, 1.165) is 49.5 Å². The summed E-state index contributed by atoms with van der Waals surface area (Å²) in [4.78, 5) is 15.4. The van der Waals surface area contributed by atoms with Crippen LogP contribution in [0.15, 0.2) is 35.2 Å². The highest BCUT2D eigenvalue weighted by molar-refractivity contribution is 7.89. The maximum absolute atomic E-state index is 13.2. The van der Waals surface area contributed by atoms with Gasteiger partial charge in [-0.05, 0) is 91.8 Å². The summed E-state index contributed by atoms with van der Waals surface area (Å²) in [6.07, 6.45) is 4.68. The SMILES string of the molecule is COc1cc(C)c(S(=O)(=O)N(C)CCC(=O)CC2CCN(c3ccc(CCC(C)(C)C)cc3Cl)CC2)c(C)c1. The molecule has 39 heavy (non-hydrogen) atoms. The fraction of sp³-hybridized carbons (Fsp3) is 0.581. The topological polar surface area (TPSA) is 66.9 Å². The minimum absolute atomic E-state index is 0.111. The summed E-state index contributed by atoms with van der Waals surface area (Å²) in [7, 11) is -0.599. The van der Waals surface area contributed by atoms with E-state index in [2.05, 4.69) is 43.9 Å². The summed E-state index contributed by atoms with van der Waals surface area (Å²) in [5.74, 6) is 1.05. The van der Waals surface area contributed by atoms with Crippen LogP contribution < -0.4 is 9.64 Å². The molecule has 0 amide bonds. The van der Waals surface area contributed by atoms with Crippen molar-refractivity contribution in [1.82, 2.24) is 4.31 Å². The first-order valence-corrected chi connectivity index (χ1v) is 15.7. The molecule has 1 heterocycles. The van der Waals surface area contributed by atoms with E-state index in [1.165, 1.54) is 9.87 Å². The molecule has 0 N–H and O–H groups in total. The quantitative estimate of drug-likeness (QED) is 0.293. The van der Waals surface area contributed by atoms with E-state index in [1.54, 1.807) is 40.1 Å². The minimum Gasteiger partial charge on any atom is -0.497 e. The Morgan fingerprint density at radius 3 is 2.26 bits per heavy atom. The van der Waals surface area contributed by atoms with Crippen LogP contribution in [-0.4, -0.2) is 52.3 Å². The molecule has 3 rings (SSSR count). The fourth-order valence-corrected chi connectivity index (χ4v) is 7.17. The molecular formula is C31H45ClN2O4S. The Morgan fingerprint density at radius 2 is 1.72 bits per heavy atom. The number of anilines is 1. The summed E-state index contributed by atoms with van der Waals surface area (Å²) >= 11 is 6.66. The normalized spacial score (nSPS) is 15.2. The fourth-order valence-electron chi connectivity index (χ4n) is 5.28. The molecule has 0 bridgehead atoms. The Hall–Kier alpha value is -2.09. The van der Waals surface area contributed by atoms with Crippen LogP contribution in [0.5, 0.6) is 5.75 Å². The Balaban J connectivity index is 1.49. The van der Waals surface area contributed by atoms with Crippen molar-refractivity contribution in [2.45, 2.75) is 78.0 Å². The van der Waals surface area contributed by atoms with Crippen LogP contribution in [0.1, 0.15) is 69.6 Å². The molecule has 0 unspecified atom stereocenters. The van der Waals surface area contributed by atoms with Crippen LogP contribution in [-0.2, 0) is 21.2 Å². The van der Waals surface area contributed by atoms with E-state index in [0.29, 0.717) is 34.6 Å². The van der Waals surface area contributed by atoms with E-state index in [9.17, 15) is 13.2 Å². The maximum atomic E-state index is 13.2. The number of Topliss-reactive ketones (excluding diaryl/α,β-unsaturated/α-hetero) is 1. The first-order chi connectivity index (χ1) is 18.2. The number of hydrogen-bond acceptors (Lipinski definition) is 5. The Labute approximate surface area is 240 Å². The molecule has 1 aliphatic rings. The largest absolute Gasteiger partial charge is 0.497 e. The third-order valence-corrected chi connectivity index (χ3v) is 10.2. The summed E-state index contributed by atoms with van der Waals surface area (Å²) < 4.78 is 33.0. The molecule has 0 atom stereocenters. The van der Waals surface area contributed by atoms with Crippen molar-refractivity contribution in [1.29, 1.82) is 0 Å². The number of sulfonamides is 1. The number of halogens is 1. The average Bonchev–Trinajstić information content (AvgIpc) is 2.85. The van der Waals surface area contributed by atoms with E-state index >= 15 is 0 Å². The third-order valence-electron chi connectivity index (χ3n) is 7.69. The van der Waals surface area contributed by atoms with Crippen molar-refractivity contribution in [2.24, 2.45) is 11.3 Å². The third kappa shape index (κ3) is 8.45. The summed E-state index contributed by atoms with van der Waals surface area (Å²) in [6.45, 7) is 12.2. The predicted octanol–water partition coefficient (Wildman–Crippen LogP) is 6.83. The number of carbonyl (C=O) groups excluding carboxylic acids is 1. The molecule has 216 valence electrons. The average molecular weight is 577 g/mol. The van der Waals surface area contributed by atoms with Crippen LogP contribution in [0.25, 0.3) is 0 Å². The van der Waals surface area contributed by atoms with Crippen molar-refractivity contribution in [3.8, 4) is 5.75 Å². The molecule has 2 aromatic rings. The van der Waals surface area contributed by atoms with Gasteiger partial charge in [0.25, 0.3) is 0 Å². The number of nitrogens with zero attached hydrogens (tertiary/aromatic N) is 2. The highest BCUT2D eigenvalue weighted by Gasteiger charge is 2.27. The Kier molecular flexibility index (Phi) is 10.5. The Morgan fingerprint density at radius 1 is 1.10 bits per heavy atom. The van der Waals surface area contributed by atoms with Crippen LogP contribution in [0.3, 0.4) is 0 Å². The highest BCUT2D eigenvalue weighted by Crippen LogP contribution is 2.33. The van der Waals surface area contributed by atoms with E-state index in [4.69, 9.17) is 16.3 Å². The van der Waals surface area contributed by atoms with Crippen molar-refractivity contribution in [3.05, 3.63) is 52.0 Å². The van der Waals surface area contributed by atoms with Gasteiger partial charge >= 0.3 is 0 Å². The van der Waals surface area contributed by atoms with Gasteiger partial charge in [-0.15, -0.1) is 0 Å². The van der Waals surface area contributed by atoms with Crippen LogP contribution in [0.4, 0.5) is 5.69 Å². The number of piperidine rings is 1. The van der Waals surface area contributed by atoms with Gasteiger partial charge in [-0.25, -0.2) is 12.7 Å². The van der Waals surface area contributed by atoms with Gasteiger partial charge in [0.15, 0.2) is 0 Å². The van der Waals surface area contributed by atoms with Crippen molar-refractivity contribution < 1.29 is 17.9 Å². The summed E-state index contributed by atoms with van der Waals surface area (Å²) in [5.41, 5.74) is 3.90. The summed E-state index contributed by atoms with van der Waals surface area (Å²) in [5, 5.41) is 0.794. The number of methoxy groups -OCH3 is 1. The standard InChI is InChI=1S/C31H45ClN2O4S/c1-22-18-27(38-7)19-23(2)30(22)39(36,37)33(6)15-13-26(35)20-25-11-16-34(17-12-25)29-9-8-24(21-28(29)32)10-14-31(3,4)5/h8-9,18-19,21,25H,10-17,20H2,1-7H3. The first kappa shape index (κ1) is 31.4. The maximum Gasteiger partial charge on any atom is 0.243 e. The lowest BCUT2D eigenvalue weighted by Gasteiger charge is -2.34. The smallest absolute Gasteiger partial charge is 0.243 e. The lowest BCUT2D eigenvalue weighted by molar-refractivity contribution is -0.120. The zero-order valence-corrected chi connectivity index (χ0v) is 26.2. The van der Waals surface area contributed by atoms with Gasteiger partial charge in [-0.1, -0.05) is 38.4 Å². The van der Waals surface area contributed by atoms with Gasteiger partial charge in [-0.2, -0.15) is 0 Å². The van der Waals surface area contributed by atoms with Crippen LogP contribution in [0, 0.1) is 25.2 Å². The Bertz CT molecular complexity index is 1240. The molecule has 0 saturated carbocycles. The van der Waals surface area contributed by atoms with E-state index in [-0.39, 0.29) is 23.6 Å². The molecule has 1 fully saturated rings. The van der Waals surface area contributed by atoms with Gasteiger partial charge in [0.1, 0.15) is 11.5 Å². The van der Waals surface area contributed by atoms with E-state index < -0.39 is 10.0 Å². The van der Waals surface area contributed by atoms with Crippen molar-refractivity contribution >= 4 is 33.1 Å². The van der Waals surface area contributed by atoms with Crippen LogP contribution >= 0.6 is 11.6 Å². The molecule has 2 aromatic carbocycles. The van der Waals surface area contributed by atoms with Gasteiger partial charge in [0.2, 0.25) is 10.0 Å². The van der Waals surface area contributed by atoms with Crippen LogP contribution in [0.2, 0.25) is 5.02 Å². The summed E-state index contributed by atoms with van der Waals surface area (Å²) in [6, 6.07) is 9.85. The molecule has 0 spiro atoms. The molecule has 0 aromatic heterocycles. The number of rotatable bonds is 11. The lowest BCUT2D eigenvalue weighted by Crippen LogP contribution is -2.35. The number of benzene rings is 2. The predicted molar refractivity (Wildman–Crippen MR) is 161 cm³/mol. The first-order valence-electron chi connectivity index (χ1n) is 13.9. The second kappa shape index (κ2) is 13.0. The molecule has 1 saturated heterocycles. The molecule has 0 radical (unpaired) electrons. The van der Waals surface area contributed by atoms with Gasteiger partial charge in [0.05, 0.1) is 22.7 Å². The highest BCUT2D eigenvalue weighted by atomic mass is 35.5. The number of ether oxygens (including phenoxy) is 1. The lowest BCUT2D eigenvalue weighted by atomic mass is 9.88. The number of carbonyl (C=O) groups is 1. The number of hydrogen-bond donors (Lipinski definition) is 0. The number of aryl methyl sites for hydroxylation is 3. The van der Waals surface area contributed by atoms with Gasteiger partial charge in [0, 0.05) is 39.5 Å². The second-order valence-corrected chi connectivity index (χ2v) is 14.6. The molecule has 0 aliphatic carbocycles. The van der Waals surface area contributed by atoms with Crippen molar-refractivity contribution in [2.75, 3.05) is 38.7 Å². The molecule has 8 heteroatoms. The number of ketones is 1. The van der Waals surface area contributed by atoms with Crippen molar-refractivity contribution in [3.63, 3.8) is 0 Å². The van der Waals surface area contributed by atoms with E-state index in [1.807, 2.05) is 0 Å². The molecule has 6 nitrogen and oxygen atoms in total. The second-order valence-electron chi connectivity index (χ2n) is 12.2. The van der Waals surface area contributed by atoms with Gasteiger partial charge in [-0.3, -0.25) is 4.79 Å². The monoisotopic (exact) mass is 576 g/mol. The minimum atomic E-state index is -3.70. The van der Waals surface area contributed by atoms with Gasteiger partial charge < -0.3 is 9.64 Å².